The topological polar surface area (TPSA) is 54.5 Å². The van der Waals surface area contributed by atoms with Crippen LogP contribution < -0.4 is 10.2 Å². The van der Waals surface area contributed by atoms with Gasteiger partial charge in [-0.15, -0.1) is 0 Å². The van der Waals surface area contributed by atoms with Crippen LogP contribution in [-0.2, 0) is 4.74 Å². The molecule has 1 N–H and O–H groups in total. The third kappa shape index (κ3) is 3.48. The number of piperidine rings is 1. The second kappa shape index (κ2) is 6.70. The van der Waals surface area contributed by atoms with Crippen LogP contribution in [0.25, 0.3) is 0 Å². The SMILES string of the molecule is COC(=O)c1ccc(N(C)CC2CCCNC2)nc1C. The first-order valence-corrected chi connectivity index (χ1v) is 7.09. The van der Waals surface area contributed by atoms with Crippen molar-refractivity contribution >= 4 is 11.8 Å². The molecular weight excluding hydrogens is 254 g/mol. The lowest BCUT2D eigenvalue weighted by molar-refractivity contribution is 0.0599. The summed E-state index contributed by atoms with van der Waals surface area (Å²) >= 11 is 0. The van der Waals surface area contributed by atoms with Crippen LogP contribution >= 0.6 is 0 Å². The first-order chi connectivity index (χ1) is 9.61. The van der Waals surface area contributed by atoms with Gasteiger partial charge >= 0.3 is 5.97 Å². The fourth-order valence-electron chi connectivity index (χ4n) is 2.65. The van der Waals surface area contributed by atoms with E-state index in [2.05, 4.69) is 15.2 Å². The van der Waals surface area contributed by atoms with Crippen LogP contribution in [-0.4, -0.2) is 44.7 Å². The Morgan fingerprint density at radius 3 is 2.95 bits per heavy atom. The van der Waals surface area contributed by atoms with Gasteiger partial charge in [0.05, 0.1) is 18.4 Å². The van der Waals surface area contributed by atoms with Crippen molar-refractivity contribution in [3.05, 3.63) is 23.4 Å². The highest BCUT2D eigenvalue weighted by Crippen LogP contribution is 2.18. The number of aryl methyl sites for hydroxylation is 1. The first kappa shape index (κ1) is 14.8. The monoisotopic (exact) mass is 277 g/mol. The molecule has 0 bridgehead atoms. The molecule has 1 atom stereocenters. The largest absolute Gasteiger partial charge is 0.465 e. The highest BCUT2D eigenvalue weighted by Gasteiger charge is 2.17. The third-order valence-corrected chi connectivity index (χ3v) is 3.80. The minimum atomic E-state index is -0.333. The van der Waals surface area contributed by atoms with E-state index in [0.29, 0.717) is 17.2 Å². The van der Waals surface area contributed by atoms with Crippen LogP contribution in [0.1, 0.15) is 28.9 Å². The number of nitrogens with zero attached hydrogens (tertiary/aromatic N) is 2. The van der Waals surface area contributed by atoms with E-state index in [4.69, 9.17) is 4.74 Å². The molecule has 0 amide bonds. The third-order valence-electron chi connectivity index (χ3n) is 3.80. The standard InChI is InChI=1S/C15H23N3O2/c1-11-13(15(19)20-3)6-7-14(17-11)18(2)10-12-5-4-8-16-9-12/h6-7,12,16H,4-5,8-10H2,1-3H3. The molecule has 1 fully saturated rings. The molecule has 110 valence electrons. The summed E-state index contributed by atoms with van der Waals surface area (Å²) in [6.45, 7) is 5.03. The Balaban J connectivity index is 2.04. The van der Waals surface area contributed by atoms with Gasteiger partial charge in [0.25, 0.3) is 0 Å². The highest BCUT2D eigenvalue weighted by atomic mass is 16.5. The number of carbonyl (C=O) groups excluding carboxylic acids is 1. The molecule has 0 aliphatic carbocycles. The van der Waals surface area contributed by atoms with Crippen LogP contribution in [0.3, 0.4) is 0 Å². The van der Waals surface area contributed by atoms with E-state index in [0.717, 1.165) is 25.5 Å². The van der Waals surface area contributed by atoms with Crippen molar-refractivity contribution in [2.75, 3.05) is 38.7 Å². The number of pyridine rings is 1. The predicted octanol–water partition coefficient (Wildman–Crippen LogP) is 1.61. The van der Waals surface area contributed by atoms with E-state index in [1.165, 1.54) is 20.0 Å². The number of carbonyl (C=O) groups is 1. The summed E-state index contributed by atoms with van der Waals surface area (Å²) in [7, 11) is 3.44. The molecule has 1 aliphatic heterocycles. The molecule has 2 heterocycles. The van der Waals surface area contributed by atoms with Gasteiger partial charge in [-0.25, -0.2) is 9.78 Å². The molecule has 20 heavy (non-hydrogen) atoms. The fourth-order valence-corrected chi connectivity index (χ4v) is 2.65. The Labute approximate surface area is 120 Å². The normalized spacial score (nSPS) is 18.6. The van der Waals surface area contributed by atoms with Crippen molar-refractivity contribution < 1.29 is 9.53 Å². The molecule has 5 heteroatoms. The maximum absolute atomic E-state index is 11.5. The van der Waals surface area contributed by atoms with Gasteiger partial charge in [-0.3, -0.25) is 0 Å². The lowest BCUT2D eigenvalue weighted by Crippen LogP contribution is -2.37. The lowest BCUT2D eigenvalue weighted by Gasteiger charge is -2.28. The van der Waals surface area contributed by atoms with Gasteiger partial charge in [0.2, 0.25) is 0 Å². The van der Waals surface area contributed by atoms with Crippen LogP contribution in [0, 0.1) is 12.8 Å². The molecular formula is C15H23N3O2. The first-order valence-electron chi connectivity index (χ1n) is 7.09. The van der Waals surface area contributed by atoms with Gasteiger partial charge in [-0.1, -0.05) is 0 Å². The van der Waals surface area contributed by atoms with Gasteiger partial charge in [-0.2, -0.15) is 0 Å². The molecule has 5 nitrogen and oxygen atoms in total. The van der Waals surface area contributed by atoms with Crippen molar-refractivity contribution in [2.24, 2.45) is 5.92 Å². The minimum absolute atomic E-state index is 0.333. The van der Waals surface area contributed by atoms with Crippen LogP contribution in [0.2, 0.25) is 0 Å². The smallest absolute Gasteiger partial charge is 0.339 e. The Morgan fingerprint density at radius 2 is 2.35 bits per heavy atom. The second-order valence-corrected chi connectivity index (χ2v) is 5.39. The lowest BCUT2D eigenvalue weighted by atomic mass is 9.99. The van der Waals surface area contributed by atoms with Crippen molar-refractivity contribution in [1.82, 2.24) is 10.3 Å². The van der Waals surface area contributed by atoms with Gasteiger partial charge in [0, 0.05) is 13.6 Å². The minimum Gasteiger partial charge on any atom is -0.465 e. The number of methoxy groups -OCH3 is 1. The maximum atomic E-state index is 11.5. The fraction of sp³-hybridized carbons (Fsp3) is 0.600. The van der Waals surface area contributed by atoms with Crippen molar-refractivity contribution in [2.45, 2.75) is 19.8 Å². The average molecular weight is 277 g/mol. The number of rotatable bonds is 4. The van der Waals surface area contributed by atoms with E-state index in [1.807, 2.05) is 20.0 Å². The van der Waals surface area contributed by atoms with Crippen LogP contribution in [0.15, 0.2) is 12.1 Å². The number of hydrogen-bond acceptors (Lipinski definition) is 5. The van der Waals surface area contributed by atoms with Gasteiger partial charge in [0.15, 0.2) is 0 Å². The number of aromatic nitrogens is 1. The average Bonchev–Trinajstić information content (AvgIpc) is 2.47. The molecule has 1 saturated heterocycles. The van der Waals surface area contributed by atoms with Gasteiger partial charge in [-0.05, 0) is 50.9 Å². The molecule has 1 unspecified atom stereocenters. The summed E-state index contributed by atoms with van der Waals surface area (Å²) in [5.74, 6) is 1.23. The van der Waals surface area contributed by atoms with E-state index < -0.39 is 0 Å². The zero-order valence-corrected chi connectivity index (χ0v) is 12.5. The molecule has 0 spiro atoms. The molecule has 0 radical (unpaired) electrons. The number of nitrogens with one attached hydrogen (secondary N) is 1. The Hall–Kier alpha value is -1.62. The summed E-state index contributed by atoms with van der Waals surface area (Å²) in [4.78, 5) is 18.2. The Bertz CT molecular complexity index is 470. The van der Waals surface area contributed by atoms with E-state index >= 15 is 0 Å². The van der Waals surface area contributed by atoms with Crippen molar-refractivity contribution in [3.8, 4) is 0 Å². The van der Waals surface area contributed by atoms with E-state index in [-0.39, 0.29) is 5.97 Å². The number of ether oxygens (including phenoxy) is 1. The Morgan fingerprint density at radius 1 is 1.55 bits per heavy atom. The molecule has 2 rings (SSSR count). The number of anilines is 1. The molecule has 1 aliphatic rings. The van der Waals surface area contributed by atoms with Crippen molar-refractivity contribution in [1.29, 1.82) is 0 Å². The summed E-state index contributed by atoms with van der Waals surface area (Å²) < 4.78 is 4.74. The van der Waals surface area contributed by atoms with Gasteiger partial charge in [0.1, 0.15) is 5.82 Å². The van der Waals surface area contributed by atoms with Crippen LogP contribution in [0.4, 0.5) is 5.82 Å². The molecule has 0 saturated carbocycles. The zero-order valence-electron chi connectivity index (χ0n) is 12.5. The van der Waals surface area contributed by atoms with Gasteiger partial charge < -0.3 is 15.0 Å². The van der Waals surface area contributed by atoms with Crippen LogP contribution in [0.5, 0.6) is 0 Å². The maximum Gasteiger partial charge on any atom is 0.339 e. The summed E-state index contributed by atoms with van der Waals surface area (Å²) in [5.41, 5.74) is 1.24. The number of esters is 1. The molecule has 0 aromatic carbocycles. The van der Waals surface area contributed by atoms with Crippen molar-refractivity contribution in [3.63, 3.8) is 0 Å². The summed E-state index contributed by atoms with van der Waals surface area (Å²) in [5, 5.41) is 3.43. The molecule has 1 aromatic heterocycles. The van der Waals surface area contributed by atoms with E-state index in [1.54, 1.807) is 6.07 Å². The number of hydrogen-bond donors (Lipinski definition) is 1. The second-order valence-electron chi connectivity index (χ2n) is 5.39. The van der Waals surface area contributed by atoms with E-state index in [9.17, 15) is 4.79 Å². The molecule has 1 aromatic rings. The highest BCUT2D eigenvalue weighted by molar-refractivity contribution is 5.90. The zero-order chi connectivity index (χ0) is 14.5. The summed E-state index contributed by atoms with van der Waals surface area (Å²) in [6, 6.07) is 3.68. The Kier molecular flexibility index (Phi) is 4.95. The quantitative estimate of drug-likeness (QED) is 0.847. The predicted molar refractivity (Wildman–Crippen MR) is 79.2 cm³/mol. The summed E-state index contributed by atoms with van der Waals surface area (Å²) in [6.07, 6.45) is 2.50.